The van der Waals surface area contributed by atoms with Gasteiger partial charge in [0.25, 0.3) is 0 Å². The van der Waals surface area contributed by atoms with Crippen LogP contribution in [-0.2, 0) is 23.9 Å². The van der Waals surface area contributed by atoms with Crippen LogP contribution in [0.15, 0.2) is 42.5 Å². The molecule has 3 nitrogen and oxygen atoms in total. The molecule has 3 N–H and O–H groups in total. The molecule has 0 heterocycles. The molecule has 2 rings (SSSR count). The summed E-state index contributed by atoms with van der Waals surface area (Å²) in [6.45, 7) is 1.50. The molecular weight excluding hydrogens is 372 g/mol. The van der Waals surface area contributed by atoms with E-state index in [9.17, 15) is 22.4 Å². The van der Waals surface area contributed by atoms with Gasteiger partial charge in [-0.3, -0.25) is 4.79 Å². The van der Waals surface area contributed by atoms with Gasteiger partial charge in [0, 0.05) is 18.2 Å². The van der Waals surface area contributed by atoms with E-state index in [1.165, 1.54) is 12.1 Å². The fourth-order valence-corrected chi connectivity index (χ4v) is 2.40. The Morgan fingerprint density at radius 3 is 2.42 bits per heavy atom. The molecule has 0 radical (unpaired) electrons. The zero-order valence-electron chi connectivity index (χ0n) is 13.9. The van der Waals surface area contributed by atoms with Crippen molar-refractivity contribution in [1.29, 1.82) is 0 Å². The lowest BCUT2D eigenvalue weighted by Gasteiger charge is -2.15. The van der Waals surface area contributed by atoms with Gasteiger partial charge in [-0.25, -0.2) is 4.39 Å². The average Bonchev–Trinajstić information content (AvgIpc) is 2.55. The quantitative estimate of drug-likeness (QED) is 0.736. The summed E-state index contributed by atoms with van der Waals surface area (Å²) in [6.07, 6.45) is -4.40. The van der Waals surface area contributed by atoms with Gasteiger partial charge in [0.1, 0.15) is 5.82 Å². The number of amides is 1. The molecule has 8 heteroatoms. The summed E-state index contributed by atoms with van der Waals surface area (Å²) >= 11 is 0. The third-order valence-electron chi connectivity index (χ3n) is 3.75. The first-order valence-corrected chi connectivity index (χ1v) is 7.66. The van der Waals surface area contributed by atoms with E-state index in [2.05, 4.69) is 5.32 Å². The SMILES string of the molecule is CC(Cc1ccccc1F)C(=O)Nc1cc(CN)cc(C(F)(F)F)c1.Cl. The van der Waals surface area contributed by atoms with E-state index >= 15 is 0 Å². The number of hydrogen-bond donors (Lipinski definition) is 2. The molecule has 1 amide bonds. The minimum atomic E-state index is -4.54. The Kier molecular flexibility index (Phi) is 7.59. The van der Waals surface area contributed by atoms with Crippen LogP contribution < -0.4 is 11.1 Å². The Hall–Kier alpha value is -2.12. The van der Waals surface area contributed by atoms with E-state index in [4.69, 9.17) is 5.73 Å². The maximum Gasteiger partial charge on any atom is 0.416 e. The molecule has 0 bridgehead atoms. The van der Waals surface area contributed by atoms with E-state index in [0.29, 0.717) is 5.56 Å². The second-order valence-corrected chi connectivity index (χ2v) is 5.81. The van der Waals surface area contributed by atoms with Crippen molar-refractivity contribution in [3.63, 3.8) is 0 Å². The van der Waals surface area contributed by atoms with E-state index in [-0.39, 0.29) is 36.6 Å². The number of hydrogen-bond acceptors (Lipinski definition) is 2. The molecule has 0 aliphatic rings. The largest absolute Gasteiger partial charge is 0.416 e. The van der Waals surface area contributed by atoms with Gasteiger partial charge in [-0.2, -0.15) is 13.2 Å². The molecule has 0 saturated carbocycles. The van der Waals surface area contributed by atoms with Crippen LogP contribution in [0.4, 0.5) is 23.2 Å². The molecule has 0 aromatic heterocycles. The van der Waals surface area contributed by atoms with Crippen LogP contribution in [-0.4, -0.2) is 5.91 Å². The van der Waals surface area contributed by atoms with E-state index in [1.807, 2.05) is 0 Å². The number of halogens is 5. The van der Waals surface area contributed by atoms with E-state index in [0.717, 1.165) is 12.1 Å². The van der Waals surface area contributed by atoms with Crippen LogP contribution in [0.2, 0.25) is 0 Å². The Balaban J connectivity index is 0.00000338. The molecule has 0 aliphatic carbocycles. The molecule has 1 unspecified atom stereocenters. The second-order valence-electron chi connectivity index (χ2n) is 5.81. The molecule has 1 atom stereocenters. The molecular formula is C18H19ClF4N2O. The second kappa shape index (κ2) is 9.00. The number of nitrogens with one attached hydrogen (secondary N) is 1. The van der Waals surface area contributed by atoms with Gasteiger partial charge in [0.2, 0.25) is 5.91 Å². The number of alkyl halides is 3. The zero-order chi connectivity index (χ0) is 18.6. The fourth-order valence-electron chi connectivity index (χ4n) is 2.40. The van der Waals surface area contributed by atoms with Crippen LogP contribution in [0.1, 0.15) is 23.6 Å². The molecule has 0 spiro atoms. The molecule has 26 heavy (non-hydrogen) atoms. The highest BCUT2D eigenvalue weighted by Gasteiger charge is 2.31. The van der Waals surface area contributed by atoms with Crippen LogP contribution in [0.5, 0.6) is 0 Å². The van der Waals surface area contributed by atoms with Crippen molar-refractivity contribution in [2.45, 2.75) is 26.1 Å². The number of nitrogens with two attached hydrogens (primary N) is 1. The molecule has 0 aliphatic heterocycles. The van der Waals surface area contributed by atoms with Crippen molar-refractivity contribution in [1.82, 2.24) is 0 Å². The normalized spacial score (nSPS) is 12.2. The van der Waals surface area contributed by atoms with Crippen molar-refractivity contribution >= 4 is 24.0 Å². The maximum absolute atomic E-state index is 13.7. The van der Waals surface area contributed by atoms with Gasteiger partial charge in [-0.15, -0.1) is 12.4 Å². The molecule has 142 valence electrons. The van der Waals surface area contributed by atoms with Crippen molar-refractivity contribution in [3.05, 3.63) is 65.0 Å². The summed E-state index contributed by atoms with van der Waals surface area (Å²) in [6, 6.07) is 9.24. The van der Waals surface area contributed by atoms with Gasteiger partial charge in [-0.05, 0) is 41.8 Å². The maximum atomic E-state index is 13.7. The minimum absolute atomic E-state index is 0. The third-order valence-corrected chi connectivity index (χ3v) is 3.75. The highest BCUT2D eigenvalue weighted by molar-refractivity contribution is 5.92. The van der Waals surface area contributed by atoms with Crippen molar-refractivity contribution in [2.75, 3.05) is 5.32 Å². The van der Waals surface area contributed by atoms with Gasteiger partial charge >= 0.3 is 6.18 Å². The first-order chi connectivity index (χ1) is 11.7. The summed E-state index contributed by atoms with van der Waals surface area (Å²) in [5.41, 5.74) is 5.18. The van der Waals surface area contributed by atoms with Crippen molar-refractivity contribution in [2.24, 2.45) is 11.7 Å². The van der Waals surface area contributed by atoms with Crippen molar-refractivity contribution < 1.29 is 22.4 Å². The molecule has 2 aromatic rings. The first-order valence-electron chi connectivity index (χ1n) is 7.66. The smallest absolute Gasteiger partial charge is 0.326 e. The Labute approximate surface area is 155 Å². The molecule has 0 saturated heterocycles. The van der Waals surface area contributed by atoms with Crippen LogP contribution in [0.3, 0.4) is 0 Å². The fraction of sp³-hybridized carbons (Fsp3) is 0.278. The topological polar surface area (TPSA) is 55.1 Å². The Bertz CT molecular complexity index is 765. The van der Waals surface area contributed by atoms with E-state index in [1.54, 1.807) is 25.1 Å². The van der Waals surface area contributed by atoms with Gasteiger partial charge in [-0.1, -0.05) is 25.1 Å². The van der Waals surface area contributed by atoms with Gasteiger partial charge < -0.3 is 11.1 Å². The Morgan fingerprint density at radius 1 is 1.19 bits per heavy atom. The molecule has 0 fully saturated rings. The molecule has 2 aromatic carbocycles. The summed E-state index contributed by atoms with van der Waals surface area (Å²) in [5.74, 6) is -1.54. The van der Waals surface area contributed by atoms with E-state index < -0.39 is 29.4 Å². The lowest BCUT2D eigenvalue weighted by molar-refractivity contribution is -0.137. The average molecular weight is 391 g/mol. The highest BCUT2D eigenvalue weighted by atomic mass is 35.5. The Morgan fingerprint density at radius 2 is 1.85 bits per heavy atom. The first kappa shape index (κ1) is 21.9. The number of benzene rings is 2. The predicted octanol–water partition coefficient (Wildman–Crippen LogP) is 4.54. The minimum Gasteiger partial charge on any atom is -0.326 e. The number of rotatable bonds is 5. The number of anilines is 1. The summed E-state index contributed by atoms with van der Waals surface area (Å²) < 4.78 is 52.4. The van der Waals surface area contributed by atoms with Gasteiger partial charge in [0.15, 0.2) is 0 Å². The third kappa shape index (κ3) is 5.71. The lowest BCUT2D eigenvalue weighted by Crippen LogP contribution is -2.23. The van der Waals surface area contributed by atoms with Crippen LogP contribution in [0.25, 0.3) is 0 Å². The predicted molar refractivity (Wildman–Crippen MR) is 94.5 cm³/mol. The highest BCUT2D eigenvalue weighted by Crippen LogP contribution is 2.32. The standard InChI is InChI=1S/C18H18F4N2O.ClH/c1-11(6-13-4-2-3-5-16(13)19)17(25)24-15-8-12(10-23)7-14(9-15)18(20,21)22;/h2-5,7-9,11H,6,10,23H2,1H3,(H,24,25);1H. The summed E-state index contributed by atoms with van der Waals surface area (Å²) in [4.78, 5) is 12.2. The zero-order valence-corrected chi connectivity index (χ0v) is 14.8. The van der Waals surface area contributed by atoms with Crippen LogP contribution in [0, 0.1) is 11.7 Å². The van der Waals surface area contributed by atoms with Gasteiger partial charge in [0.05, 0.1) is 5.56 Å². The summed E-state index contributed by atoms with van der Waals surface area (Å²) in [5, 5.41) is 2.45. The van der Waals surface area contributed by atoms with Crippen molar-refractivity contribution in [3.8, 4) is 0 Å². The lowest BCUT2D eigenvalue weighted by atomic mass is 9.99. The monoisotopic (exact) mass is 390 g/mol. The summed E-state index contributed by atoms with van der Waals surface area (Å²) in [7, 11) is 0. The number of carbonyl (C=O) groups excluding carboxylic acids is 1. The van der Waals surface area contributed by atoms with Crippen LogP contribution >= 0.6 is 12.4 Å². The number of carbonyl (C=O) groups is 1.